The summed E-state index contributed by atoms with van der Waals surface area (Å²) in [5.74, 6) is 1.71. The molecule has 0 spiro atoms. The minimum Gasteiger partial charge on any atom is -0.316 e. The number of hydrogen-bond donors (Lipinski definition) is 1. The van der Waals surface area contributed by atoms with E-state index in [1.54, 1.807) is 0 Å². The molecule has 1 heterocycles. The maximum absolute atomic E-state index is 3.53. The van der Waals surface area contributed by atoms with Crippen molar-refractivity contribution < 1.29 is 0 Å². The van der Waals surface area contributed by atoms with Gasteiger partial charge in [0.05, 0.1) is 0 Å². The molecule has 0 aromatic carbocycles. The fourth-order valence-corrected chi connectivity index (χ4v) is 3.24. The van der Waals surface area contributed by atoms with Crippen LogP contribution >= 0.6 is 0 Å². The van der Waals surface area contributed by atoms with Crippen molar-refractivity contribution in [2.45, 2.75) is 52.4 Å². The van der Waals surface area contributed by atoms with Gasteiger partial charge in [-0.3, -0.25) is 0 Å². The molecular formula is C18H39N3. The number of hydrogen-bond acceptors (Lipinski definition) is 3. The van der Waals surface area contributed by atoms with E-state index in [2.05, 4.69) is 43.1 Å². The fourth-order valence-electron chi connectivity index (χ4n) is 3.24. The molecule has 0 aromatic heterocycles. The van der Waals surface area contributed by atoms with Gasteiger partial charge in [-0.25, -0.2) is 0 Å². The highest BCUT2D eigenvalue weighted by Crippen LogP contribution is 2.18. The van der Waals surface area contributed by atoms with Crippen molar-refractivity contribution in [3.63, 3.8) is 0 Å². The Balaban J connectivity index is 1.88. The molecule has 0 amide bonds. The molecule has 0 aliphatic carbocycles. The number of rotatable bonds is 11. The van der Waals surface area contributed by atoms with Gasteiger partial charge in [0.25, 0.3) is 0 Å². The zero-order chi connectivity index (χ0) is 15.5. The second-order valence-electron chi connectivity index (χ2n) is 7.56. The molecule has 0 unspecified atom stereocenters. The first-order valence-corrected chi connectivity index (χ1v) is 9.15. The zero-order valence-corrected chi connectivity index (χ0v) is 15.0. The molecule has 1 N–H and O–H groups in total. The molecule has 1 rings (SSSR count). The predicted octanol–water partition coefficient (Wildman–Crippen LogP) is 3.07. The second-order valence-corrected chi connectivity index (χ2v) is 7.56. The predicted molar refractivity (Wildman–Crippen MR) is 93.9 cm³/mol. The second kappa shape index (κ2) is 11.4. The van der Waals surface area contributed by atoms with Gasteiger partial charge in [-0.15, -0.1) is 0 Å². The molecule has 1 saturated heterocycles. The highest BCUT2D eigenvalue weighted by Gasteiger charge is 2.18. The monoisotopic (exact) mass is 297 g/mol. The number of nitrogens with one attached hydrogen (secondary N) is 1. The summed E-state index contributed by atoms with van der Waals surface area (Å²) in [5, 5.41) is 3.53. The van der Waals surface area contributed by atoms with Crippen LogP contribution in [0.25, 0.3) is 0 Å². The molecule has 0 aromatic rings. The first-order valence-electron chi connectivity index (χ1n) is 9.15. The van der Waals surface area contributed by atoms with Crippen molar-refractivity contribution in [2.75, 3.05) is 53.4 Å². The van der Waals surface area contributed by atoms with Gasteiger partial charge in [0.2, 0.25) is 0 Å². The van der Waals surface area contributed by atoms with E-state index in [0.29, 0.717) is 0 Å². The van der Waals surface area contributed by atoms with Gasteiger partial charge in [0.1, 0.15) is 0 Å². The molecule has 0 radical (unpaired) electrons. The topological polar surface area (TPSA) is 18.5 Å². The van der Waals surface area contributed by atoms with E-state index >= 15 is 0 Å². The number of piperidine rings is 1. The summed E-state index contributed by atoms with van der Waals surface area (Å²) in [6.07, 6.45) is 8.33. The Morgan fingerprint density at radius 1 is 1.05 bits per heavy atom. The standard InChI is InChI=1S/C18H39N3/c1-17(2)15-19-11-7-5-6-8-12-21-13-9-18(10-14-21)16-20(3)4/h17-19H,5-16H2,1-4H3. The Bertz CT molecular complexity index is 233. The first kappa shape index (κ1) is 18.9. The largest absolute Gasteiger partial charge is 0.316 e. The molecule has 1 aliphatic rings. The Hall–Kier alpha value is -0.120. The van der Waals surface area contributed by atoms with Gasteiger partial charge >= 0.3 is 0 Å². The van der Waals surface area contributed by atoms with Crippen LogP contribution in [0.5, 0.6) is 0 Å². The molecule has 21 heavy (non-hydrogen) atoms. The Morgan fingerprint density at radius 2 is 1.71 bits per heavy atom. The van der Waals surface area contributed by atoms with Crippen molar-refractivity contribution >= 4 is 0 Å². The third-order valence-corrected chi connectivity index (χ3v) is 4.46. The maximum atomic E-state index is 3.53. The summed E-state index contributed by atoms with van der Waals surface area (Å²) in [7, 11) is 4.39. The lowest BCUT2D eigenvalue weighted by atomic mass is 9.96. The van der Waals surface area contributed by atoms with E-state index in [4.69, 9.17) is 0 Å². The molecular weight excluding hydrogens is 258 g/mol. The fraction of sp³-hybridized carbons (Fsp3) is 1.00. The van der Waals surface area contributed by atoms with Crippen molar-refractivity contribution in [1.82, 2.24) is 15.1 Å². The van der Waals surface area contributed by atoms with E-state index in [1.807, 2.05) is 0 Å². The van der Waals surface area contributed by atoms with Crippen molar-refractivity contribution in [2.24, 2.45) is 11.8 Å². The number of likely N-dealkylation sites (tertiary alicyclic amines) is 1. The van der Waals surface area contributed by atoms with Crippen LogP contribution in [0.2, 0.25) is 0 Å². The molecule has 3 nitrogen and oxygen atoms in total. The van der Waals surface area contributed by atoms with E-state index < -0.39 is 0 Å². The van der Waals surface area contributed by atoms with Crippen LogP contribution in [-0.2, 0) is 0 Å². The molecule has 1 aliphatic heterocycles. The minimum absolute atomic E-state index is 0.778. The summed E-state index contributed by atoms with van der Waals surface area (Å²) in [5.41, 5.74) is 0. The third kappa shape index (κ3) is 10.3. The summed E-state index contributed by atoms with van der Waals surface area (Å²) >= 11 is 0. The molecule has 0 saturated carbocycles. The maximum Gasteiger partial charge on any atom is 0.000451 e. The van der Waals surface area contributed by atoms with Gasteiger partial charge in [-0.1, -0.05) is 26.7 Å². The van der Waals surface area contributed by atoms with Crippen molar-refractivity contribution in [1.29, 1.82) is 0 Å². The summed E-state index contributed by atoms with van der Waals surface area (Å²) < 4.78 is 0. The van der Waals surface area contributed by atoms with Crippen molar-refractivity contribution in [3.05, 3.63) is 0 Å². The van der Waals surface area contributed by atoms with Crippen molar-refractivity contribution in [3.8, 4) is 0 Å². The van der Waals surface area contributed by atoms with Crippen LogP contribution in [0.1, 0.15) is 52.4 Å². The number of nitrogens with zero attached hydrogens (tertiary/aromatic N) is 2. The van der Waals surface area contributed by atoms with Crippen LogP contribution < -0.4 is 5.32 Å². The van der Waals surface area contributed by atoms with Gasteiger partial charge in [-0.05, 0) is 84.3 Å². The van der Waals surface area contributed by atoms with Gasteiger partial charge in [-0.2, -0.15) is 0 Å². The first-order chi connectivity index (χ1) is 10.1. The van der Waals surface area contributed by atoms with E-state index in [9.17, 15) is 0 Å². The smallest absolute Gasteiger partial charge is 0.000451 e. The molecule has 3 heteroatoms. The SMILES string of the molecule is CC(C)CNCCCCCCN1CCC(CN(C)C)CC1. The lowest BCUT2D eigenvalue weighted by Gasteiger charge is -2.33. The highest BCUT2D eigenvalue weighted by molar-refractivity contribution is 4.73. The Kier molecular flexibility index (Phi) is 10.3. The van der Waals surface area contributed by atoms with Gasteiger partial charge < -0.3 is 15.1 Å². The Labute approximate surface area is 133 Å². The van der Waals surface area contributed by atoms with Crippen LogP contribution in [0.4, 0.5) is 0 Å². The number of unbranched alkanes of at least 4 members (excludes halogenated alkanes) is 3. The molecule has 1 fully saturated rings. The van der Waals surface area contributed by atoms with E-state index in [0.717, 1.165) is 11.8 Å². The molecule has 0 bridgehead atoms. The Morgan fingerprint density at radius 3 is 2.33 bits per heavy atom. The van der Waals surface area contributed by atoms with Crippen LogP contribution in [0.3, 0.4) is 0 Å². The van der Waals surface area contributed by atoms with E-state index in [-0.39, 0.29) is 0 Å². The quantitative estimate of drug-likeness (QED) is 0.591. The molecule has 0 atom stereocenters. The minimum atomic E-state index is 0.778. The third-order valence-electron chi connectivity index (χ3n) is 4.46. The average molecular weight is 298 g/mol. The normalized spacial score (nSPS) is 18.0. The summed E-state index contributed by atoms with van der Waals surface area (Å²) in [6.45, 7) is 12.2. The summed E-state index contributed by atoms with van der Waals surface area (Å²) in [4.78, 5) is 5.02. The van der Waals surface area contributed by atoms with Gasteiger partial charge in [0.15, 0.2) is 0 Å². The van der Waals surface area contributed by atoms with Crippen LogP contribution in [0, 0.1) is 11.8 Å². The lowest BCUT2D eigenvalue weighted by Crippen LogP contribution is -2.37. The highest BCUT2D eigenvalue weighted by atomic mass is 15.1. The van der Waals surface area contributed by atoms with Crippen LogP contribution in [0.15, 0.2) is 0 Å². The lowest BCUT2D eigenvalue weighted by molar-refractivity contribution is 0.160. The zero-order valence-electron chi connectivity index (χ0n) is 15.0. The average Bonchev–Trinajstić information content (AvgIpc) is 2.42. The summed E-state index contributed by atoms with van der Waals surface area (Å²) in [6, 6.07) is 0. The van der Waals surface area contributed by atoms with Gasteiger partial charge in [0, 0.05) is 6.54 Å². The molecule has 126 valence electrons. The van der Waals surface area contributed by atoms with Crippen LogP contribution in [-0.4, -0.2) is 63.2 Å². The van der Waals surface area contributed by atoms with E-state index in [1.165, 1.54) is 77.8 Å².